The Morgan fingerprint density at radius 2 is 1.66 bits per heavy atom. The Labute approximate surface area is 190 Å². The zero-order chi connectivity index (χ0) is 22.7. The number of hydrogen-bond acceptors (Lipinski definition) is 6. The van der Waals surface area contributed by atoms with Crippen LogP contribution in [0.2, 0.25) is 5.02 Å². The van der Waals surface area contributed by atoms with Crippen molar-refractivity contribution < 1.29 is 23.4 Å². The summed E-state index contributed by atoms with van der Waals surface area (Å²) < 4.78 is 22.1. The molecule has 0 aliphatic carbocycles. The zero-order valence-electron chi connectivity index (χ0n) is 17.7. The van der Waals surface area contributed by atoms with Gasteiger partial charge in [0.05, 0.1) is 26.9 Å². The summed E-state index contributed by atoms with van der Waals surface area (Å²) in [5.74, 6) is 1.01. The van der Waals surface area contributed by atoms with E-state index in [-0.39, 0.29) is 17.2 Å². The highest BCUT2D eigenvalue weighted by Gasteiger charge is 2.24. The number of nitrogens with zero attached hydrogens (tertiary/aromatic N) is 1. The van der Waals surface area contributed by atoms with Crippen molar-refractivity contribution >= 4 is 40.1 Å². The van der Waals surface area contributed by atoms with E-state index in [1.807, 2.05) is 30.3 Å². The van der Waals surface area contributed by atoms with Gasteiger partial charge in [-0.25, -0.2) is 4.98 Å². The van der Waals surface area contributed by atoms with Crippen LogP contribution in [-0.4, -0.2) is 32.1 Å². The van der Waals surface area contributed by atoms with Crippen molar-refractivity contribution in [3.05, 3.63) is 82.7 Å². The molecule has 1 aromatic heterocycles. The first-order valence-electron chi connectivity index (χ1n) is 9.72. The standard InChI is InChI=1S/C25H20ClNO5/c1-29-21-13-16(14-22(30-2)24(21)31-3)23(28)18(12-15-7-6-8-17(26)11-15)25-27-19-9-4-5-10-20(19)32-25/h4-14H,1-3H3/b18-12-. The Morgan fingerprint density at radius 1 is 0.938 bits per heavy atom. The summed E-state index contributed by atoms with van der Waals surface area (Å²) in [6.45, 7) is 0. The van der Waals surface area contributed by atoms with Crippen molar-refractivity contribution in [3.63, 3.8) is 0 Å². The number of benzene rings is 3. The van der Waals surface area contributed by atoms with Crippen LogP contribution in [0.25, 0.3) is 22.7 Å². The molecule has 3 aromatic carbocycles. The topological polar surface area (TPSA) is 70.8 Å². The lowest BCUT2D eigenvalue weighted by Crippen LogP contribution is -2.05. The molecule has 0 bridgehead atoms. The molecule has 4 rings (SSSR count). The molecule has 0 fully saturated rings. The molecule has 0 radical (unpaired) electrons. The minimum atomic E-state index is -0.323. The monoisotopic (exact) mass is 449 g/mol. The molecule has 0 unspecified atom stereocenters. The maximum Gasteiger partial charge on any atom is 0.231 e. The van der Waals surface area contributed by atoms with E-state index in [2.05, 4.69) is 4.98 Å². The number of carbonyl (C=O) groups excluding carboxylic acids is 1. The van der Waals surface area contributed by atoms with Gasteiger partial charge in [-0.15, -0.1) is 0 Å². The van der Waals surface area contributed by atoms with Gasteiger partial charge in [0.15, 0.2) is 22.9 Å². The first kappa shape index (κ1) is 21.5. The molecule has 0 spiro atoms. The van der Waals surface area contributed by atoms with Crippen molar-refractivity contribution in [1.29, 1.82) is 0 Å². The molecular weight excluding hydrogens is 430 g/mol. The third-order valence-corrected chi connectivity index (χ3v) is 5.09. The van der Waals surface area contributed by atoms with Gasteiger partial charge in [0.25, 0.3) is 0 Å². The second-order valence-electron chi connectivity index (χ2n) is 6.84. The van der Waals surface area contributed by atoms with Crippen LogP contribution in [0.4, 0.5) is 0 Å². The third kappa shape index (κ3) is 4.18. The molecule has 0 aliphatic heterocycles. The van der Waals surface area contributed by atoms with E-state index in [1.54, 1.807) is 36.4 Å². The normalized spacial score (nSPS) is 11.4. The molecule has 4 aromatic rings. The molecule has 1 heterocycles. The van der Waals surface area contributed by atoms with Gasteiger partial charge in [-0.05, 0) is 48.0 Å². The first-order chi connectivity index (χ1) is 15.5. The highest BCUT2D eigenvalue weighted by atomic mass is 35.5. The molecule has 6 nitrogen and oxygen atoms in total. The van der Waals surface area contributed by atoms with E-state index in [1.165, 1.54) is 21.3 Å². The van der Waals surface area contributed by atoms with Gasteiger partial charge in [-0.3, -0.25) is 4.79 Å². The predicted octanol–water partition coefficient (Wildman–Crippen LogP) is 5.93. The summed E-state index contributed by atoms with van der Waals surface area (Å²) >= 11 is 6.15. The molecule has 0 N–H and O–H groups in total. The Hall–Kier alpha value is -3.77. The van der Waals surface area contributed by atoms with E-state index >= 15 is 0 Å². The quantitative estimate of drug-likeness (QED) is 0.257. The van der Waals surface area contributed by atoms with Crippen LogP contribution in [0.3, 0.4) is 0 Å². The van der Waals surface area contributed by atoms with Gasteiger partial charge in [0, 0.05) is 10.6 Å². The molecule has 0 saturated heterocycles. The number of carbonyl (C=O) groups is 1. The average molecular weight is 450 g/mol. The summed E-state index contributed by atoms with van der Waals surface area (Å²) in [5.41, 5.74) is 2.55. The van der Waals surface area contributed by atoms with Crippen molar-refractivity contribution in [2.45, 2.75) is 0 Å². The molecule has 162 valence electrons. The van der Waals surface area contributed by atoms with Crippen LogP contribution in [-0.2, 0) is 0 Å². The first-order valence-corrected chi connectivity index (χ1v) is 10.1. The van der Waals surface area contributed by atoms with Crippen molar-refractivity contribution in [1.82, 2.24) is 4.98 Å². The largest absolute Gasteiger partial charge is 0.493 e. The molecule has 0 amide bonds. The van der Waals surface area contributed by atoms with Gasteiger partial charge in [-0.1, -0.05) is 35.9 Å². The number of Topliss-reactive ketones (excluding diaryl/α,β-unsaturated/α-hetero) is 1. The number of hydrogen-bond donors (Lipinski definition) is 0. The van der Waals surface area contributed by atoms with E-state index < -0.39 is 0 Å². The second kappa shape index (κ2) is 9.16. The SMILES string of the molecule is COc1cc(C(=O)/C(=C/c2cccc(Cl)c2)c2nc3ccccc3o2)cc(OC)c1OC. The number of ether oxygens (including phenoxy) is 3. The molecule has 0 aliphatic rings. The number of halogens is 1. The molecule has 7 heteroatoms. The van der Waals surface area contributed by atoms with Gasteiger partial charge >= 0.3 is 0 Å². The lowest BCUT2D eigenvalue weighted by Gasteiger charge is -2.14. The van der Waals surface area contributed by atoms with Crippen molar-refractivity contribution in [2.24, 2.45) is 0 Å². The van der Waals surface area contributed by atoms with E-state index in [0.717, 1.165) is 5.56 Å². The van der Waals surface area contributed by atoms with Gasteiger partial charge in [-0.2, -0.15) is 0 Å². The number of aromatic nitrogens is 1. The summed E-state index contributed by atoms with van der Waals surface area (Å²) in [5, 5.41) is 0.552. The molecule has 32 heavy (non-hydrogen) atoms. The average Bonchev–Trinajstić information content (AvgIpc) is 3.25. The maximum atomic E-state index is 13.7. The number of para-hydroxylation sites is 2. The Balaban J connectivity index is 1.89. The van der Waals surface area contributed by atoms with Crippen LogP contribution in [0.5, 0.6) is 17.2 Å². The summed E-state index contributed by atoms with van der Waals surface area (Å²) in [7, 11) is 4.49. The minimum absolute atomic E-state index is 0.199. The van der Waals surface area contributed by atoms with Crippen molar-refractivity contribution in [2.75, 3.05) is 21.3 Å². The van der Waals surface area contributed by atoms with Gasteiger partial charge in [0.2, 0.25) is 11.6 Å². The number of allylic oxidation sites excluding steroid dienone is 1. The van der Waals surface area contributed by atoms with Crippen LogP contribution in [0, 0.1) is 0 Å². The van der Waals surface area contributed by atoms with Crippen LogP contribution in [0.15, 0.2) is 65.1 Å². The number of oxazole rings is 1. The lowest BCUT2D eigenvalue weighted by molar-refractivity contribution is 0.105. The maximum absolute atomic E-state index is 13.7. The van der Waals surface area contributed by atoms with Crippen LogP contribution in [0.1, 0.15) is 21.8 Å². The lowest BCUT2D eigenvalue weighted by atomic mass is 10.00. The fourth-order valence-corrected chi connectivity index (χ4v) is 3.54. The molecule has 0 atom stereocenters. The minimum Gasteiger partial charge on any atom is -0.493 e. The van der Waals surface area contributed by atoms with Crippen molar-refractivity contribution in [3.8, 4) is 17.2 Å². The number of ketones is 1. The number of methoxy groups -OCH3 is 3. The van der Waals surface area contributed by atoms with E-state index in [4.69, 9.17) is 30.2 Å². The van der Waals surface area contributed by atoms with E-state index in [9.17, 15) is 4.79 Å². The highest BCUT2D eigenvalue weighted by Crippen LogP contribution is 2.39. The van der Waals surface area contributed by atoms with Crippen LogP contribution >= 0.6 is 11.6 Å². The number of fused-ring (bicyclic) bond motifs is 1. The fourth-order valence-electron chi connectivity index (χ4n) is 3.34. The van der Waals surface area contributed by atoms with Gasteiger partial charge < -0.3 is 18.6 Å². The zero-order valence-corrected chi connectivity index (χ0v) is 18.5. The smallest absolute Gasteiger partial charge is 0.231 e. The Morgan fingerprint density at radius 3 is 2.28 bits per heavy atom. The van der Waals surface area contributed by atoms with Gasteiger partial charge in [0.1, 0.15) is 5.52 Å². The Kier molecular flexibility index (Phi) is 6.14. The van der Waals surface area contributed by atoms with Crippen LogP contribution < -0.4 is 14.2 Å². The molecular formula is C25H20ClNO5. The molecule has 0 saturated carbocycles. The summed E-state index contributed by atoms with van der Waals surface area (Å²) in [6.07, 6.45) is 1.70. The summed E-state index contributed by atoms with van der Waals surface area (Å²) in [6, 6.07) is 17.7. The number of rotatable bonds is 7. The summed E-state index contributed by atoms with van der Waals surface area (Å²) in [4.78, 5) is 18.2. The second-order valence-corrected chi connectivity index (χ2v) is 7.28. The Bertz CT molecular complexity index is 1270. The predicted molar refractivity (Wildman–Crippen MR) is 124 cm³/mol. The fraction of sp³-hybridized carbons (Fsp3) is 0.120. The highest BCUT2D eigenvalue weighted by molar-refractivity contribution is 6.32. The van der Waals surface area contributed by atoms with E-state index in [0.29, 0.717) is 38.9 Å². The third-order valence-electron chi connectivity index (χ3n) is 4.86.